The van der Waals surface area contributed by atoms with Crippen LogP contribution in [0.5, 0.6) is 0 Å². The number of nitrogens with one attached hydrogen (secondary N) is 3. The Balaban J connectivity index is 1.45. The summed E-state index contributed by atoms with van der Waals surface area (Å²) in [6.45, 7) is 1.40. The van der Waals surface area contributed by atoms with Crippen LogP contribution in [0, 0.1) is 11.3 Å². The molecule has 0 saturated carbocycles. The van der Waals surface area contributed by atoms with Gasteiger partial charge in [-0.05, 0) is 91.4 Å². The van der Waals surface area contributed by atoms with Gasteiger partial charge in [0.15, 0.2) is 0 Å². The normalized spacial score (nSPS) is 14.4. The molecule has 1 atom stereocenters. The zero-order valence-corrected chi connectivity index (χ0v) is 26.0. The summed E-state index contributed by atoms with van der Waals surface area (Å²) < 4.78 is 3.44. The first-order valence-corrected chi connectivity index (χ1v) is 15.7. The van der Waals surface area contributed by atoms with E-state index in [9.17, 15) is 9.59 Å². The van der Waals surface area contributed by atoms with Crippen molar-refractivity contribution in [2.45, 2.75) is 49.5 Å². The fourth-order valence-corrected chi connectivity index (χ4v) is 6.52. The Labute approximate surface area is 262 Å². The minimum Gasteiger partial charge on any atom is -0.384 e. The van der Waals surface area contributed by atoms with Crippen LogP contribution in [0.1, 0.15) is 43.2 Å². The second-order valence-corrected chi connectivity index (χ2v) is 12.3. The van der Waals surface area contributed by atoms with Crippen LogP contribution >= 0.6 is 35.1 Å². The van der Waals surface area contributed by atoms with Crippen LogP contribution in [-0.2, 0) is 16.0 Å². The van der Waals surface area contributed by atoms with E-state index in [1.165, 1.54) is 11.9 Å². The molecule has 222 valence electrons. The molecule has 4 rings (SSSR count). The number of rotatable bonds is 12. The molecule has 2 amide bonds. The number of nitrogens with two attached hydrogens (primary N) is 1. The minimum atomic E-state index is -0.482. The fourth-order valence-electron chi connectivity index (χ4n) is 5.21. The number of carbonyl (C=O) groups is 2. The maximum absolute atomic E-state index is 13.9. The highest BCUT2D eigenvalue weighted by atomic mass is 35.5. The van der Waals surface area contributed by atoms with Crippen LogP contribution in [0.3, 0.4) is 0 Å². The first-order valence-electron chi connectivity index (χ1n) is 14.1. The van der Waals surface area contributed by atoms with Gasteiger partial charge >= 0.3 is 0 Å². The van der Waals surface area contributed by atoms with Crippen molar-refractivity contribution in [3.63, 3.8) is 0 Å². The van der Waals surface area contributed by atoms with Gasteiger partial charge in [0, 0.05) is 52.6 Å². The second kappa shape index (κ2) is 15.4. The standard InChI is InChI=1S/C32H37Cl2N5O2S/c1-37-30(40)10-3-5-21-13-15-39(16-14-21)32(41)29(18-22-6-2-8-24(17-22)31(35)36)38-42-26-9-4-7-23(19-26)27-12-11-25(33)20-28(27)34/h2,4,6-9,11-12,17,19-21,29,38H,3,5,10,13-16,18H2,1H3,(H3,35,36)(H,37,40). The smallest absolute Gasteiger partial charge is 0.240 e. The minimum absolute atomic E-state index is 0.00164. The van der Waals surface area contributed by atoms with E-state index in [0.717, 1.165) is 47.3 Å². The molecular formula is C32H37Cl2N5O2S. The van der Waals surface area contributed by atoms with Gasteiger partial charge in [-0.15, -0.1) is 0 Å². The first kappa shape index (κ1) is 31.9. The number of carbonyl (C=O) groups excluding carboxylic acids is 2. The number of benzene rings is 3. The third kappa shape index (κ3) is 8.98. The Morgan fingerprint density at radius 1 is 1.07 bits per heavy atom. The summed E-state index contributed by atoms with van der Waals surface area (Å²) >= 11 is 14.0. The molecule has 7 nitrogen and oxygen atoms in total. The number of nitrogens with zero attached hydrogens (tertiary/aromatic N) is 1. The monoisotopic (exact) mass is 625 g/mol. The Morgan fingerprint density at radius 3 is 2.55 bits per heavy atom. The van der Waals surface area contributed by atoms with Crippen LogP contribution in [0.25, 0.3) is 11.1 Å². The van der Waals surface area contributed by atoms with E-state index < -0.39 is 6.04 Å². The fraction of sp³-hybridized carbons (Fsp3) is 0.344. The maximum Gasteiger partial charge on any atom is 0.240 e. The van der Waals surface area contributed by atoms with Crippen molar-refractivity contribution in [1.82, 2.24) is 14.9 Å². The number of hydrogen-bond donors (Lipinski definition) is 4. The molecule has 3 aromatic carbocycles. The Hall–Kier alpha value is -3.04. The summed E-state index contributed by atoms with van der Waals surface area (Å²) in [6, 6.07) is 20.4. The van der Waals surface area contributed by atoms with Crippen molar-refractivity contribution in [2.24, 2.45) is 11.7 Å². The summed E-state index contributed by atoms with van der Waals surface area (Å²) in [4.78, 5) is 28.3. The molecule has 0 radical (unpaired) electrons. The van der Waals surface area contributed by atoms with Crippen molar-refractivity contribution >= 4 is 52.8 Å². The molecule has 1 aliphatic heterocycles. The van der Waals surface area contributed by atoms with Gasteiger partial charge in [-0.1, -0.05) is 59.6 Å². The van der Waals surface area contributed by atoms with E-state index in [4.69, 9.17) is 34.3 Å². The van der Waals surface area contributed by atoms with Crippen molar-refractivity contribution in [3.05, 3.63) is 87.9 Å². The van der Waals surface area contributed by atoms with E-state index in [2.05, 4.69) is 10.0 Å². The van der Waals surface area contributed by atoms with Gasteiger partial charge in [0.25, 0.3) is 0 Å². The zero-order valence-electron chi connectivity index (χ0n) is 23.7. The predicted octanol–water partition coefficient (Wildman–Crippen LogP) is 6.31. The number of amides is 2. The number of piperidine rings is 1. The Bertz CT molecular complexity index is 1410. The average molecular weight is 627 g/mol. The molecule has 1 unspecified atom stereocenters. The lowest BCUT2D eigenvalue weighted by atomic mass is 9.91. The Morgan fingerprint density at radius 2 is 1.83 bits per heavy atom. The van der Waals surface area contributed by atoms with Gasteiger partial charge in [0.2, 0.25) is 11.8 Å². The highest BCUT2D eigenvalue weighted by Gasteiger charge is 2.29. The maximum atomic E-state index is 13.9. The number of hydrogen-bond acceptors (Lipinski definition) is 5. The largest absolute Gasteiger partial charge is 0.384 e. The molecule has 1 aliphatic rings. The van der Waals surface area contributed by atoms with Crippen molar-refractivity contribution in [3.8, 4) is 11.1 Å². The molecular weight excluding hydrogens is 589 g/mol. The number of nitrogen functional groups attached to an aromatic ring is 1. The lowest BCUT2D eigenvalue weighted by Gasteiger charge is -2.34. The van der Waals surface area contributed by atoms with E-state index >= 15 is 0 Å². The van der Waals surface area contributed by atoms with E-state index in [0.29, 0.717) is 47.5 Å². The molecule has 0 spiro atoms. The molecule has 1 heterocycles. The van der Waals surface area contributed by atoms with Gasteiger partial charge in [-0.2, -0.15) is 0 Å². The van der Waals surface area contributed by atoms with E-state index in [-0.39, 0.29) is 17.6 Å². The lowest BCUT2D eigenvalue weighted by Crippen LogP contribution is -2.48. The molecule has 0 aliphatic carbocycles. The van der Waals surface area contributed by atoms with E-state index in [1.807, 2.05) is 59.5 Å². The SMILES string of the molecule is CNC(=O)CCCC1CCN(C(=O)C(Cc2cccc(C(=N)N)c2)NSc2cccc(-c3ccc(Cl)cc3Cl)c2)CC1. The molecule has 42 heavy (non-hydrogen) atoms. The van der Waals surface area contributed by atoms with Gasteiger partial charge in [0.05, 0.1) is 0 Å². The van der Waals surface area contributed by atoms with E-state index in [1.54, 1.807) is 19.2 Å². The molecule has 5 N–H and O–H groups in total. The highest BCUT2D eigenvalue weighted by molar-refractivity contribution is 7.97. The van der Waals surface area contributed by atoms with Gasteiger partial charge in [0.1, 0.15) is 11.9 Å². The topological polar surface area (TPSA) is 111 Å². The van der Waals surface area contributed by atoms with Crippen LogP contribution in [0.4, 0.5) is 0 Å². The predicted molar refractivity (Wildman–Crippen MR) is 173 cm³/mol. The molecule has 0 aromatic heterocycles. The van der Waals surface area contributed by atoms with Gasteiger partial charge in [-0.25, -0.2) is 4.72 Å². The number of amidine groups is 1. The van der Waals surface area contributed by atoms with Crippen LogP contribution < -0.4 is 15.8 Å². The number of likely N-dealkylation sites (tertiary alicyclic amines) is 1. The lowest BCUT2D eigenvalue weighted by molar-refractivity contribution is -0.134. The Kier molecular flexibility index (Phi) is 11.7. The summed E-state index contributed by atoms with van der Waals surface area (Å²) in [6.07, 6.45) is 4.74. The van der Waals surface area contributed by atoms with Gasteiger partial charge in [-0.3, -0.25) is 15.0 Å². The molecule has 1 fully saturated rings. The zero-order chi connectivity index (χ0) is 30.1. The van der Waals surface area contributed by atoms with Crippen molar-refractivity contribution in [2.75, 3.05) is 20.1 Å². The molecule has 3 aromatic rings. The molecule has 0 bridgehead atoms. The summed E-state index contributed by atoms with van der Waals surface area (Å²) in [7, 11) is 1.66. The van der Waals surface area contributed by atoms with Crippen LogP contribution in [0.2, 0.25) is 10.0 Å². The quantitative estimate of drug-likeness (QED) is 0.107. The highest BCUT2D eigenvalue weighted by Crippen LogP contribution is 2.32. The third-order valence-corrected chi connectivity index (χ3v) is 9.03. The second-order valence-electron chi connectivity index (χ2n) is 10.6. The summed E-state index contributed by atoms with van der Waals surface area (Å²) in [5.41, 5.74) is 9.14. The summed E-state index contributed by atoms with van der Waals surface area (Å²) in [5, 5.41) is 11.7. The molecule has 1 saturated heterocycles. The number of halogens is 2. The summed E-state index contributed by atoms with van der Waals surface area (Å²) in [5.74, 6) is 0.647. The molecule has 10 heteroatoms. The van der Waals surface area contributed by atoms with Crippen LogP contribution in [-0.4, -0.2) is 48.7 Å². The van der Waals surface area contributed by atoms with Gasteiger partial charge < -0.3 is 16.0 Å². The average Bonchev–Trinajstić information content (AvgIpc) is 2.99. The van der Waals surface area contributed by atoms with Crippen molar-refractivity contribution < 1.29 is 9.59 Å². The first-order chi connectivity index (χ1) is 20.2. The third-order valence-electron chi connectivity index (χ3n) is 7.59. The van der Waals surface area contributed by atoms with Crippen LogP contribution in [0.15, 0.2) is 71.6 Å². The van der Waals surface area contributed by atoms with Crippen molar-refractivity contribution in [1.29, 1.82) is 5.41 Å².